The number of methoxy groups -OCH3 is 2. The van der Waals surface area contributed by atoms with E-state index >= 15 is 0 Å². The molecule has 30 heavy (non-hydrogen) atoms. The Morgan fingerprint density at radius 3 is 2.27 bits per heavy atom. The average Bonchev–Trinajstić information content (AvgIpc) is 2.74. The second-order valence-electron chi connectivity index (χ2n) is 6.42. The molecule has 0 atom stereocenters. The van der Waals surface area contributed by atoms with Crippen LogP contribution in [0.25, 0.3) is 0 Å². The Balaban J connectivity index is 0.00000320. The number of para-hydroxylation sites is 1. The third-order valence-electron chi connectivity index (χ3n) is 4.47. The molecule has 0 aliphatic heterocycles. The van der Waals surface area contributed by atoms with Gasteiger partial charge >= 0.3 is 0 Å². The van der Waals surface area contributed by atoms with Gasteiger partial charge in [-0.15, -0.1) is 12.4 Å². The summed E-state index contributed by atoms with van der Waals surface area (Å²) in [5, 5.41) is 4.62. The summed E-state index contributed by atoms with van der Waals surface area (Å²) in [6.07, 6.45) is 0. The van der Waals surface area contributed by atoms with Crippen molar-refractivity contribution in [1.29, 1.82) is 0 Å². The number of benzene rings is 3. The molecule has 0 unspecified atom stereocenters. The molecule has 0 saturated carbocycles. The zero-order valence-corrected chi connectivity index (χ0v) is 19.1. The molecule has 1 N–H and O–H groups in total. The molecular weight excluding hydrogens is 445 g/mol. The van der Waals surface area contributed by atoms with Crippen molar-refractivity contribution in [3.8, 4) is 17.2 Å². The van der Waals surface area contributed by atoms with E-state index in [-0.39, 0.29) is 12.4 Å². The highest BCUT2D eigenvalue weighted by molar-refractivity contribution is 6.35. The van der Waals surface area contributed by atoms with E-state index in [1.54, 1.807) is 26.4 Å². The van der Waals surface area contributed by atoms with Crippen LogP contribution in [0.15, 0.2) is 60.7 Å². The molecule has 7 heteroatoms. The molecule has 3 aromatic carbocycles. The fourth-order valence-electron chi connectivity index (χ4n) is 2.90. The van der Waals surface area contributed by atoms with Crippen LogP contribution in [0.1, 0.15) is 16.7 Å². The first kappa shape index (κ1) is 24.2. The van der Waals surface area contributed by atoms with E-state index < -0.39 is 0 Å². The number of ether oxygens (including phenoxy) is 3. The maximum absolute atomic E-state index is 6.27. The van der Waals surface area contributed by atoms with Gasteiger partial charge < -0.3 is 19.5 Å². The van der Waals surface area contributed by atoms with Crippen LogP contribution in [0.2, 0.25) is 10.0 Å². The Kier molecular flexibility index (Phi) is 9.60. The average molecular weight is 469 g/mol. The van der Waals surface area contributed by atoms with E-state index in [2.05, 4.69) is 5.32 Å². The van der Waals surface area contributed by atoms with Crippen LogP contribution in [-0.2, 0) is 19.7 Å². The van der Waals surface area contributed by atoms with Crippen LogP contribution in [0.5, 0.6) is 17.2 Å². The van der Waals surface area contributed by atoms with Gasteiger partial charge in [-0.25, -0.2) is 0 Å². The molecule has 0 fully saturated rings. The summed E-state index contributed by atoms with van der Waals surface area (Å²) in [5.41, 5.74) is 3.03. The lowest BCUT2D eigenvalue weighted by Gasteiger charge is -2.16. The van der Waals surface area contributed by atoms with Gasteiger partial charge in [-0.2, -0.15) is 0 Å². The van der Waals surface area contributed by atoms with Gasteiger partial charge in [-0.1, -0.05) is 53.5 Å². The minimum atomic E-state index is 0. The first-order valence-electron chi connectivity index (χ1n) is 9.17. The Hall–Kier alpha value is -2.11. The molecule has 0 aliphatic carbocycles. The summed E-state index contributed by atoms with van der Waals surface area (Å²) in [7, 11) is 3.29. The van der Waals surface area contributed by atoms with Gasteiger partial charge in [0.25, 0.3) is 0 Å². The summed E-state index contributed by atoms with van der Waals surface area (Å²) in [6.45, 7) is 1.68. The molecule has 4 nitrogen and oxygen atoms in total. The highest BCUT2D eigenvalue weighted by atomic mass is 35.5. The van der Waals surface area contributed by atoms with E-state index in [1.807, 2.05) is 48.5 Å². The first-order valence-corrected chi connectivity index (χ1v) is 9.92. The number of hydrogen-bond acceptors (Lipinski definition) is 4. The summed E-state index contributed by atoms with van der Waals surface area (Å²) in [6, 6.07) is 19.2. The fraction of sp³-hybridized carbons (Fsp3) is 0.217. The molecule has 0 amide bonds. The summed E-state index contributed by atoms with van der Waals surface area (Å²) >= 11 is 12.2. The largest absolute Gasteiger partial charge is 0.497 e. The van der Waals surface area contributed by atoms with Crippen LogP contribution in [0.3, 0.4) is 0 Å². The van der Waals surface area contributed by atoms with Crippen molar-refractivity contribution < 1.29 is 14.2 Å². The van der Waals surface area contributed by atoms with Gasteiger partial charge in [0.15, 0.2) is 11.5 Å². The van der Waals surface area contributed by atoms with Crippen LogP contribution >= 0.6 is 35.6 Å². The molecule has 3 aromatic rings. The lowest BCUT2D eigenvalue weighted by Crippen LogP contribution is -2.14. The van der Waals surface area contributed by atoms with Crippen LogP contribution in [0, 0.1) is 0 Å². The zero-order valence-electron chi connectivity index (χ0n) is 16.8. The van der Waals surface area contributed by atoms with Crippen molar-refractivity contribution in [1.82, 2.24) is 5.32 Å². The number of nitrogens with one attached hydrogen (secondary N) is 1. The smallest absolute Gasteiger partial charge is 0.166 e. The van der Waals surface area contributed by atoms with Crippen molar-refractivity contribution >= 4 is 35.6 Å². The molecule has 0 aliphatic rings. The highest BCUT2D eigenvalue weighted by Crippen LogP contribution is 2.33. The fourth-order valence-corrected chi connectivity index (χ4v) is 3.36. The summed E-state index contributed by atoms with van der Waals surface area (Å²) in [5.74, 6) is 2.22. The molecule has 0 spiro atoms. The minimum absolute atomic E-state index is 0. The Morgan fingerprint density at radius 2 is 1.60 bits per heavy atom. The predicted molar refractivity (Wildman–Crippen MR) is 125 cm³/mol. The lowest BCUT2D eigenvalue weighted by molar-refractivity contribution is 0.280. The quantitative estimate of drug-likeness (QED) is 0.400. The van der Waals surface area contributed by atoms with E-state index in [0.717, 1.165) is 23.4 Å². The van der Waals surface area contributed by atoms with Gasteiger partial charge in [0.1, 0.15) is 12.4 Å². The molecular formula is C23H24Cl3NO3. The minimum Gasteiger partial charge on any atom is -0.497 e. The number of rotatable bonds is 9. The number of halogens is 3. The van der Waals surface area contributed by atoms with Crippen LogP contribution in [-0.4, -0.2) is 14.2 Å². The van der Waals surface area contributed by atoms with Crippen molar-refractivity contribution in [3.05, 3.63) is 87.4 Å². The predicted octanol–water partition coefficient (Wildman–Crippen LogP) is 6.30. The Morgan fingerprint density at radius 1 is 0.833 bits per heavy atom. The molecule has 160 valence electrons. The Bertz CT molecular complexity index is 949. The maximum Gasteiger partial charge on any atom is 0.166 e. The van der Waals surface area contributed by atoms with Gasteiger partial charge in [0.05, 0.1) is 14.2 Å². The van der Waals surface area contributed by atoms with Gasteiger partial charge in [-0.05, 0) is 35.9 Å². The molecule has 0 saturated heterocycles. The van der Waals surface area contributed by atoms with Gasteiger partial charge in [-0.3, -0.25) is 0 Å². The zero-order chi connectivity index (χ0) is 20.6. The molecule has 3 rings (SSSR count). The monoisotopic (exact) mass is 467 g/mol. The standard InChI is InChI=1S/C23H23Cl2NO3.ClH/c1-27-20-10-6-16(7-11-20)13-26-14-17-4-3-5-22(28-2)23(17)29-15-18-8-9-19(24)12-21(18)25;/h3-12,26H,13-15H2,1-2H3;1H. The third-order valence-corrected chi connectivity index (χ3v) is 5.06. The lowest BCUT2D eigenvalue weighted by atomic mass is 10.1. The summed E-state index contributed by atoms with van der Waals surface area (Å²) in [4.78, 5) is 0. The van der Waals surface area contributed by atoms with Gasteiger partial charge in [0, 0.05) is 34.3 Å². The van der Waals surface area contributed by atoms with Crippen molar-refractivity contribution in [3.63, 3.8) is 0 Å². The molecule has 0 radical (unpaired) electrons. The van der Waals surface area contributed by atoms with Crippen LogP contribution < -0.4 is 19.5 Å². The highest BCUT2D eigenvalue weighted by Gasteiger charge is 2.12. The van der Waals surface area contributed by atoms with E-state index in [9.17, 15) is 0 Å². The molecule has 0 heterocycles. The van der Waals surface area contributed by atoms with Crippen molar-refractivity contribution in [2.75, 3.05) is 14.2 Å². The second kappa shape index (κ2) is 11.9. The van der Waals surface area contributed by atoms with E-state index in [1.165, 1.54) is 5.56 Å². The second-order valence-corrected chi connectivity index (χ2v) is 7.27. The Labute approximate surface area is 193 Å². The normalized spacial score (nSPS) is 10.3. The molecule has 0 aromatic heterocycles. The SMILES string of the molecule is COc1ccc(CNCc2cccc(OC)c2OCc2ccc(Cl)cc2Cl)cc1.Cl. The number of hydrogen-bond donors (Lipinski definition) is 1. The topological polar surface area (TPSA) is 39.7 Å². The van der Waals surface area contributed by atoms with Gasteiger partial charge in [0.2, 0.25) is 0 Å². The third kappa shape index (κ3) is 6.44. The van der Waals surface area contributed by atoms with E-state index in [4.69, 9.17) is 37.4 Å². The van der Waals surface area contributed by atoms with E-state index in [0.29, 0.717) is 34.7 Å². The first-order chi connectivity index (χ1) is 14.1. The molecule has 0 bridgehead atoms. The van der Waals surface area contributed by atoms with Crippen molar-refractivity contribution in [2.45, 2.75) is 19.7 Å². The van der Waals surface area contributed by atoms with Crippen molar-refractivity contribution in [2.24, 2.45) is 0 Å². The summed E-state index contributed by atoms with van der Waals surface area (Å²) < 4.78 is 16.8. The van der Waals surface area contributed by atoms with Crippen LogP contribution in [0.4, 0.5) is 0 Å². The maximum atomic E-state index is 6.27.